The molecule has 3 amide bonds. The molecule has 2 aliphatic heterocycles. The fourth-order valence-electron chi connectivity index (χ4n) is 5.78. The molecule has 3 aliphatic rings. The quantitative estimate of drug-likeness (QED) is 0.668. The van der Waals surface area contributed by atoms with E-state index in [1.165, 1.54) is 30.4 Å². The highest BCUT2D eigenvalue weighted by Gasteiger charge is 2.38. The van der Waals surface area contributed by atoms with Gasteiger partial charge in [-0.3, -0.25) is 9.69 Å². The Balaban J connectivity index is 1.13. The van der Waals surface area contributed by atoms with Gasteiger partial charge in [0, 0.05) is 43.8 Å². The van der Waals surface area contributed by atoms with E-state index in [0.717, 1.165) is 50.9 Å². The Kier molecular flexibility index (Phi) is 7.14. The first-order valence-electron chi connectivity index (χ1n) is 12.9. The van der Waals surface area contributed by atoms with Crippen molar-refractivity contribution in [2.75, 3.05) is 19.6 Å². The number of urea groups is 1. The maximum atomic E-state index is 12.6. The maximum absolute atomic E-state index is 12.6. The predicted molar refractivity (Wildman–Crippen MR) is 134 cm³/mol. The van der Waals surface area contributed by atoms with Gasteiger partial charge in [-0.25, -0.2) is 4.79 Å². The molecule has 6 nitrogen and oxygen atoms in total. The van der Waals surface area contributed by atoms with Crippen LogP contribution in [0.1, 0.15) is 72.5 Å². The van der Waals surface area contributed by atoms with E-state index in [1.807, 2.05) is 30.3 Å². The lowest BCUT2D eigenvalue weighted by Gasteiger charge is -2.38. The molecule has 5 rings (SSSR count). The summed E-state index contributed by atoms with van der Waals surface area (Å²) in [4.78, 5) is 29.7. The number of hydrogen-bond acceptors (Lipinski definition) is 3. The van der Waals surface area contributed by atoms with Crippen molar-refractivity contribution in [1.29, 1.82) is 0 Å². The molecule has 0 aromatic heterocycles. The molecule has 0 spiro atoms. The van der Waals surface area contributed by atoms with E-state index in [2.05, 4.69) is 44.7 Å². The molecule has 1 saturated carbocycles. The van der Waals surface area contributed by atoms with Crippen LogP contribution in [0.15, 0.2) is 54.6 Å². The maximum Gasteiger partial charge on any atom is 0.318 e. The number of carbonyl (C=O) groups excluding carboxylic acids is 2. The summed E-state index contributed by atoms with van der Waals surface area (Å²) in [5.74, 6) is 0.0520. The van der Waals surface area contributed by atoms with Crippen molar-refractivity contribution >= 4 is 11.9 Å². The molecule has 1 atom stereocenters. The molecule has 2 aromatic carbocycles. The first-order valence-corrected chi connectivity index (χ1v) is 12.9. The molecule has 34 heavy (non-hydrogen) atoms. The number of amides is 3. The third-order valence-corrected chi connectivity index (χ3v) is 7.71. The van der Waals surface area contributed by atoms with Gasteiger partial charge >= 0.3 is 6.03 Å². The van der Waals surface area contributed by atoms with Crippen molar-refractivity contribution < 1.29 is 9.59 Å². The van der Waals surface area contributed by atoms with Crippen LogP contribution < -0.4 is 10.6 Å². The Morgan fingerprint density at radius 3 is 2.32 bits per heavy atom. The number of piperidine rings is 1. The molecular formula is C28H36N4O2. The predicted octanol–water partition coefficient (Wildman–Crippen LogP) is 4.48. The fraction of sp³-hybridized carbons (Fsp3) is 0.500. The number of rotatable bonds is 6. The van der Waals surface area contributed by atoms with Crippen LogP contribution in [0.5, 0.6) is 0 Å². The minimum Gasteiger partial charge on any atom is -0.349 e. The zero-order chi connectivity index (χ0) is 23.3. The van der Waals surface area contributed by atoms with E-state index in [4.69, 9.17) is 0 Å². The largest absolute Gasteiger partial charge is 0.349 e. The second-order valence-corrected chi connectivity index (χ2v) is 10.0. The number of benzene rings is 2. The summed E-state index contributed by atoms with van der Waals surface area (Å²) in [7, 11) is 0. The van der Waals surface area contributed by atoms with Gasteiger partial charge in [0.2, 0.25) is 0 Å². The van der Waals surface area contributed by atoms with Crippen molar-refractivity contribution in [3.63, 3.8) is 0 Å². The Labute approximate surface area is 202 Å². The third-order valence-electron chi connectivity index (χ3n) is 7.71. The molecule has 1 aliphatic carbocycles. The summed E-state index contributed by atoms with van der Waals surface area (Å²) in [5.41, 5.74) is 3.18. The van der Waals surface area contributed by atoms with Gasteiger partial charge < -0.3 is 15.5 Å². The topological polar surface area (TPSA) is 64.7 Å². The van der Waals surface area contributed by atoms with Gasteiger partial charge in [-0.1, -0.05) is 61.7 Å². The van der Waals surface area contributed by atoms with Gasteiger partial charge in [-0.05, 0) is 48.9 Å². The molecule has 0 unspecified atom stereocenters. The van der Waals surface area contributed by atoms with Crippen molar-refractivity contribution in [3.8, 4) is 0 Å². The van der Waals surface area contributed by atoms with Crippen LogP contribution in [0.2, 0.25) is 0 Å². The lowest BCUT2D eigenvalue weighted by molar-refractivity contribution is 0.0927. The molecule has 0 bridgehead atoms. The molecule has 2 saturated heterocycles. The molecule has 3 fully saturated rings. The Hall–Kier alpha value is -2.86. The molecule has 2 N–H and O–H groups in total. The van der Waals surface area contributed by atoms with E-state index < -0.39 is 0 Å². The van der Waals surface area contributed by atoms with Crippen molar-refractivity contribution in [1.82, 2.24) is 20.4 Å². The smallest absolute Gasteiger partial charge is 0.318 e. The average molecular weight is 461 g/mol. The second kappa shape index (κ2) is 10.6. The normalized spacial score (nSPS) is 22.5. The standard InChI is InChI=1S/C28H36N4O2/c33-27(30-24-9-5-2-6-10-24)23-13-11-21(12-14-23)20-31-17-15-25(16-18-31)32-26(19-29-28(32)34)22-7-3-1-4-8-22/h1,3-4,7-8,11-14,24-26H,2,5-6,9-10,15-20H2,(H,29,34)(H,30,33)/t26-/m0/s1. The molecule has 6 heteroatoms. The van der Waals surface area contributed by atoms with Crippen LogP contribution in [-0.4, -0.2) is 53.5 Å². The number of likely N-dealkylation sites (tertiary alicyclic amines) is 1. The summed E-state index contributed by atoms with van der Waals surface area (Å²) in [6, 6.07) is 19.2. The highest BCUT2D eigenvalue weighted by Crippen LogP contribution is 2.31. The number of nitrogens with one attached hydrogen (secondary N) is 2. The van der Waals surface area contributed by atoms with Gasteiger partial charge in [-0.2, -0.15) is 0 Å². The van der Waals surface area contributed by atoms with Crippen LogP contribution in [0.4, 0.5) is 4.79 Å². The zero-order valence-electron chi connectivity index (χ0n) is 19.9. The first kappa shape index (κ1) is 22.9. The van der Waals surface area contributed by atoms with Crippen LogP contribution in [-0.2, 0) is 6.54 Å². The lowest BCUT2D eigenvalue weighted by Crippen LogP contribution is -2.46. The lowest BCUT2D eigenvalue weighted by atomic mass is 9.95. The molecule has 0 radical (unpaired) electrons. The van der Waals surface area contributed by atoms with Gasteiger partial charge in [-0.15, -0.1) is 0 Å². The van der Waals surface area contributed by atoms with E-state index in [9.17, 15) is 9.59 Å². The second-order valence-electron chi connectivity index (χ2n) is 10.0. The minimum absolute atomic E-state index is 0.0520. The zero-order valence-corrected chi connectivity index (χ0v) is 19.9. The number of nitrogens with zero attached hydrogens (tertiary/aromatic N) is 2. The first-order chi connectivity index (χ1) is 16.7. The molecule has 2 heterocycles. The van der Waals surface area contributed by atoms with Gasteiger partial charge in [0.05, 0.1) is 6.04 Å². The highest BCUT2D eigenvalue weighted by atomic mass is 16.2. The van der Waals surface area contributed by atoms with E-state index >= 15 is 0 Å². The summed E-state index contributed by atoms with van der Waals surface area (Å²) >= 11 is 0. The third kappa shape index (κ3) is 5.27. The van der Waals surface area contributed by atoms with Gasteiger partial charge in [0.15, 0.2) is 0 Å². The van der Waals surface area contributed by atoms with E-state index in [-0.39, 0.29) is 24.0 Å². The minimum atomic E-state index is 0.0520. The van der Waals surface area contributed by atoms with Gasteiger partial charge in [0.1, 0.15) is 0 Å². The van der Waals surface area contributed by atoms with Gasteiger partial charge in [0.25, 0.3) is 5.91 Å². The Morgan fingerprint density at radius 2 is 1.62 bits per heavy atom. The van der Waals surface area contributed by atoms with Crippen molar-refractivity contribution in [3.05, 3.63) is 71.3 Å². The highest BCUT2D eigenvalue weighted by molar-refractivity contribution is 5.94. The molecule has 2 aromatic rings. The Bertz CT molecular complexity index is 964. The Morgan fingerprint density at radius 1 is 0.912 bits per heavy atom. The summed E-state index contributed by atoms with van der Waals surface area (Å²) in [6.45, 7) is 3.51. The van der Waals surface area contributed by atoms with E-state index in [0.29, 0.717) is 12.6 Å². The average Bonchev–Trinajstić information content (AvgIpc) is 3.27. The molecule has 180 valence electrons. The summed E-state index contributed by atoms with van der Waals surface area (Å²) < 4.78 is 0. The molecular weight excluding hydrogens is 424 g/mol. The number of carbonyl (C=O) groups is 2. The van der Waals surface area contributed by atoms with Crippen LogP contribution >= 0.6 is 0 Å². The van der Waals surface area contributed by atoms with Crippen molar-refractivity contribution in [2.45, 2.75) is 69.6 Å². The van der Waals surface area contributed by atoms with Crippen LogP contribution in [0.25, 0.3) is 0 Å². The fourth-order valence-corrected chi connectivity index (χ4v) is 5.78. The monoisotopic (exact) mass is 460 g/mol. The summed E-state index contributed by atoms with van der Waals surface area (Å²) in [6.07, 6.45) is 7.90. The van der Waals surface area contributed by atoms with Crippen LogP contribution in [0.3, 0.4) is 0 Å². The SMILES string of the molecule is O=C(NC1CCCCC1)c1ccc(CN2CCC(N3C(=O)NC[C@H]3c3ccccc3)CC2)cc1. The summed E-state index contributed by atoms with van der Waals surface area (Å²) in [5, 5.41) is 6.25. The van der Waals surface area contributed by atoms with E-state index in [1.54, 1.807) is 0 Å². The number of hydrogen-bond donors (Lipinski definition) is 2. The van der Waals surface area contributed by atoms with Crippen molar-refractivity contribution in [2.24, 2.45) is 0 Å². The van der Waals surface area contributed by atoms with Crippen LogP contribution in [0, 0.1) is 0 Å².